The van der Waals surface area contributed by atoms with E-state index in [9.17, 15) is 0 Å². The SMILES string of the molecule is CCn1cc(C(C)Nc2ccc3c(c2)OCCO3)cn1. The largest absolute Gasteiger partial charge is 0.486 e. The molecule has 0 bridgehead atoms. The van der Waals surface area contributed by atoms with Crippen molar-refractivity contribution in [2.45, 2.75) is 26.4 Å². The Morgan fingerprint density at radius 3 is 2.85 bits per heavy atom. The van der Waals surface area contributed by atoms with Gasteiger partial charge in [0.15, 0.2) is 11.5 Å². The highest BCUT2D eigenvalue weighted by molar-refractivity contribution is 5.56. The van der Waals surface area contributed by atoms with Crippen LogP contribution in [0.5, 0.6) is 11.5 Å². The van der Waals surface area contributed by atoms with Gasteiger partial charge in [-0.15, -0.1) is 0 Å². The average molecular weight is 273 g/mol. The summed E-state index contributed by atoms with van der Waals surface area (Å²) in [5.74, 6) is 1.62. The molecule has 5 heteroatoms. The molecule has 0 saturated heterocycles. The number of nitrogens with one attached hydrogen (secondary N) is 1. The molecule has 2 heterocycles. The molecule has 1 aliphatic heterocycles. The van der Waals surface area contributed by atoms with Gasteiger partial charge in [0, 0.05) is 30.1 Å². The molecule has 1 atom stereocenters. The Balaban J connectivity index is 1.73. The van der Waals surface area contributed by atoms with Gasteiger partial charge < -0.3 is 14.8 Å². The first-order valence-corrected chi connectivity index (χ1v) is 6.95. The van der Waals surface area contributed by atoms with Crippen LogP contribution in [0.25, 0.3) is 0 Å². The summed E-state index contributed by atoms with van der Waals surface area (Å²) >= 11 is 0. The van der Waals surface area contributed by atoms with E-state index in [4.69, 9.17) is 9.47 Å². The molecule has 1 N–H and O–H groups in total. The number of hydrogen-bond donors (Lipinski definition) is 1. The summed E-state index contributed by atoms with van der Waals surface area (Å²) in [6.07, 6.45) is 3.97. The monoisotopic (exact) mass is 273 g/mol. The second-order valence-corrected chi connectivity index (χ2v) is 4.85. The van der Waals surface area contributed by atoms with E-state index in [1.807, 2.05) is 29.1 Å². The first-order chi connectivity index (χ1) is 9.76. The Hall–Kier alpha value is -2.17. The van der Waals surface area contributed by atoms with E-state index in [2.05, 4.69) is 30.5 Å². The van der Waals surface area contributed by atoms with Crippen LogP contribution in [0.4, 0.5) is 5.69 Å². The number of nitrogens with zero attached hydrogens (tertiary/aromatic N) is 2. The number of hydrogen-bond acceptors (Lipinski definition) is 4. The molecule has 5 nitrogen and oxygen atoms in total. The second-order valence-electron chi connectivity index (χ2n) is 4.85. The van der Waals surface area contributed by atoms with Crippen molar-refractivity contribution in [3.8, 4) is 11.5 Å². The van der Waals surface area contributed by atoms with Crippen molar-refractivity contribution in [1.29, 1.82) is 0 Å². The Kier molecular flexibility index (Phi) is 3.50. The lowest BCUT2D eigenvalue weighted by atomic mass is 10.1. The van der Waals surface area contributed by atoms with Crippen molar-refractivity contribution < 1.29 is 9.47 Å². The minimum absolute atomic E-state index is 0.192. The maximum atomic E-state index is 5.59. The molecule has 3 rings (SSSR count). The summed E-state index contributed by atoms with van der Waals surface area (Å²) in [6.45, 7) is 6.31. The zero-order valence-electron chi connectivity index (χ0n) is 11.8. The smallest absolute Gasteiger partial charge is 0.163 e. The fraction of sp³-hybridized carbons (Fsp3) is 0.400. The Labute approximate surface area is 118 Å². The third-order valence-electron chi connectivity index (χ3n) is 3.40. The van der Waals surface area contributed by atoms with E-state index in [0.29, 0.717) is 13.2 Å². The van der Waals surface area contributed by atoms with E-state index in [1.54, 1.807) is 0 Å². The summed E-state index contributed by atoms with van der Waals surface area (Å²) in [6, 6.07) is 6.13. The van der Waals surface area contributed by atoms with E-state index < -0.39 is 0 Å². The molecule has 20 heavy (non-hydrogen) atoms. The third kappa shape index (κ3) is 2.57. The summed E-state index contributed by atoms with van der Waals surface area (Å²) < 4.78 is 13.0. The van der Waals surface area contributed by atoms with Gasteiger partial charge >= 0.3 is 0 Å². The molecule has 0 aliphatic carbocycles. The number of fused-ring (bicyclic) bond motifs is 1. The van der Waals surface area contributed by atoms with Crippen LogP contribution in [-0.2, 0) is 6.54 Å². The highest BCUT2D eigenvalue weighted by Gasteiger charge is 2.13. The van der Waals surface area contributed by atoms with Crippen molar-refractivity contribution in [2.24, 2.45) is 0 Å². The molecule has 1 unspecified atom stereocenters. The van der Waals surface area contributed by atoms with Crippen LogP contribution >= 0.6 is 0 Å². The summed E-state index contributed by atoms with van der Waals surface area (Å²) in [5, 5.41) is 7.76. The molecular weight excluding hydrogens is 254 g/mol. The van der Waals surface area contributed by atoms with Gasteiger partial charge in [-0.2, -0.15) is 5.10 Å². The zero-order valence-corrected chi connectivity index (χ0v) is 11.8. The van der Waals surface area contributed by atoms with Gasteiger partial charge in [-0.1, -0.05) is 0 Å². The maximum Gasteiger partial charge on any atom is 0.163 e. The lowest BCUT2D eigenvalue weighted by molar-refractivity contribution is 0.171. The van der Waals surface area contributed by atoms with Crippen LogP contribution in [0.2, 0.25) is 0 Å². The number of ether oxygens (including phenoxy) is 2. The van der Waals surface area contributed by atoms with Gasteiger partial charge in [0.05, 0.1) is 12.2 Å². The van der Waals surface area contributed by atoms with Crippen molar-refractivity contribution >= 4 is 5.69 Å². The normalized spacial score (nSPS) is 14.9. The van der Waals surface area contributed by atoms with E-state index in [1.165, 1.54) is 5.56 Å². The third-order valence-corrected chi connectivity index (χ3v) is 3.40. The summed E-state index contributed by atoms with van der Waals surface area (Å²) in [4.78, 5) is 0. The minimum Gasteiger partial charge on any atom is -0.486 e. The van der Waals surface area contributed by atoms with Crippen molar-refractivity contribution in [3.05, 3.63) is 36.2 Å². The molecule has 0 saturated carbocycles. The molecule has 2 aromatic rings. The van der Waals surface area contributed by atoms with Crippen LogP contribution in [0.1, 0.15) is 25.5 Å². The highest BCUT2D eigenvalue weighted by Crippen LogP contribution is 2.33. The standard InChI is InChI=1S/C15H19N3O2/c1-3-18-10-12(9-16-18)11(2)17-13-4-5-14-15(8-13)20-7-6-19-14/h4-5,8-11,17H,3,6-7H2,1-2H3. The Bertz CT molecular complexity index is 595. The molecule has 1 aromatic carbocycles. The number of aryl methyl sites for hydroxylation is 1. The molecule has 0 amide bonds. The molecule has 1 aromatic heterocycles. The van der Waals surface area contributed by atoms with Crippen LogP contribution in [0.15, 0.2) is 30.6 Å². The Morgan fingerprint density at radius 1 is 1.30 bits per heavy atom. The number of rotatable bonds is 4. The lowest BCUT2D eigenvalue weighted by Crippen LogP contribution is -2.15. The van der Waals surface area contributed by atoms with Crippen molar-refractivity contribution in [1.82, 2.24) is 9.78 Å². The second kappa shape index (κ2) is 5.45. The summed E-state index contributed by atoms with van der Waals surface area (Å²) in [5.41, 5.74) is 2.19. The highest BCUT2D eigenvalue weighted by atomic mass is 16.6. The van der Waals surface area contributed by atoms with E-state index in [-0.39, 0.29) is 6.04 Å². The fourth-order valence-electron chi connectivity index (χ4n) is 2.24. The van der Waals surface area contributed by atoms with Crippen LogP contribution in [0, 0.1) is 0 Å². The van der Waals surface area contributed by atoms with Gasteiger partial charge in [0.25, 0.3) is 0 Å². The molecule has 0 fully saturated rings. The lowest BCUT2D eigenvalue weighted by Gasteiger charge is -2.20. The van der Waals surface area contributed by atoms with Gasteiger partial charge in [-0.25, -0.2) is 0 Å². The van der Waals surface area contributed by atoms with Gasteiger partial charge in [0.1, 0.15) is 13.2 Å². The maximum absolute atomic E-state index is 5.59. The van der Waals surface area contributed by atoms with Gasteiger partial charge in [-0.3, -0.25) is 4.68 Å². The quantitative estimate of drug-likeness (QED) is 0.930. The molecular formula is C15H19N3O2. The van der Waals surface area contributed by atoms with Gasteiger partial charge in [-0.05, 0) is 26.0 Å². The zero-order chi connectivity index (χ0) is 13.9. The first-order valence-electron chi connectivity index (χ1n) is 6.95. The van der Waals surface area contributed by atoms with Crippen molar-refractivity contribution in [2.75, 3.05) is 18.5 Å². The number of aromatic nitrogens is 2. The fourth-order valence-corrected chi connectivity index (χ4v) is 2.24. The topological polar surface area (TPSA) is 48.3 Å². The van der Waals surface area contributed by atoms with Crippen LogP contribution in [-0.4, -0.2) is 23.0 Å². The van der Waals surface area contributed by atoms with Crippen molar-refractivity contribution in [3.63, 3.8) is 0 Å². The molecule has 0 radical (unpaired) electrons. The predicted molar refractivity (Wildman–Crippen MR) is 77.4 cm³/mol. The van der Waals surface area contributed by atoms with E-state index >= 15 is 0 Å². The molecule has 106 valence electrons. The predicted octanol–water partition coefficient (Wildman–Crippen LogP) is 2.85. The first kappa shape index (κ1) is 12.8. The number of benzene rings is 1. The average Bonchev–Trinajstić information content (AvgIpc) is 2.96. The van der Waals surface area contributed by atoms with Crippen LogP contribution in [0.3, 0.4) is 0 Å². The molecule has 1 aliphatic rings. The molecule has 0 spiro atoms. The van der Waals surface area contributed by atoms with Crippen LogP contribution < -0.4 is 14.8 Å². The minimum atomic E-state index is 0.192. The van der Waals surface area contributed by atoms with Gasteiger partial charge in [0.2, 0.25) is 0 Å². The number of anilines is 1. The Morgan fingerprint density at radius 2 is 2.10 bits per heavy atom. The van der Waals surface area contributed by atoms with E-state index in [0.717, 1.165) is 23.7 Å². The summed E-state index contributed by atoms with van der Waals surface area (Å²) in [7, 11) is 0.